The molecule has 3 aliphatic heterocycles. The number of aromatic nitrogens is 9. The maximum Gasteiger partial charge on any atom is 0.280 e. The molecule has 3 atom stereocenters. The molecule has 0 bridgehead atoms. The third-order valence-corrected chi connectivity index (χ3v) is 4.18. The highest BCUT2D eigenvalue weighted by Crippen LogP contribution is 2.30. The molecule has 2 aromatic rings. The number of aromatic amines is 2. The Balaban J connectivity index is 0.000000177. The highest BCUT2D eigenvalue weighted by molar-refractivity contribution is 5.70. The molecule has 3 aliphatic rings. The van der Waals surface area contributed by atoms with Gasteiger partial charge in [-0.1, -0.05) is 5.21 Å². The summed E-state index contributed by atoms with van der Waals surface area (Å²) in [5, 5.41) is 35.9. The quantitative estimate of drug-likeness (QED) is 0.255. The number of hydrogen-bond donors (Lipinski definition) is 5. The Hall–Kier alpha value is -3.49. The van der Waals surface area contributed by atoms with Gasteiger partial charge in [-0.2, -0.15) is 10.1 Å². The van der Waals surface area contributed by atoms with Crippen LogP contribution in [0.2, 0.25) is 0 Å². The molecule has 14 nitrogen and oxygen atoms in total. The first-order valence-electron chi connectivity index (χ1n) is 8.21. The van der Waals surface area contributed by atoms with Crippen LogP contribution in [0.15, 0.2) is 23.5 Å². The highest BCUT2D eigenvalue weighted by Gasteiger charge is 2.35. The topological polar surface area (TPSA) is 207 Å². The first-order chi connectivity index (χ1) is 13.6. The molecule has 0 unspecified atom stereocenters. The molecule has 6 N–H and O–H groups in total. The fraction of sp³-hybridized carbons (Fsp3) is 0.357. The minimum absolute atomic E-state index is 0.0171. The lowest BCUT2D eigenvalue weighted by Crippen LogP contribution is -2.24. The molecule has 0 spiro atoms. The van der Waals surface area contributed by atoms with Crippen molar-refractivity contribution in [3.05, 3.63) is 29.1 Å². The molecule has 5 rings (SSSR count). The van der Waals surface area contributed by atoms with Crippen LogP contribution >= 0.6 is 0 Å². The van der Waals surface area contributed by atoms with E-state index in [9.17, 15) is 9.90 Å². The van der Waals surface area contributed by atoms with E-state index >= 15 is 0 Å². The summed E-state index contributed by atoms with van der Waals surface area (Å²) >= 11 is 0. The number of hydrogen-bond acceptors (Lipinski definition) is 11. The number of fused-ring (bicyclic) bond motifs is 2. The number of H-pyrrole nitrogens is 2. The number of ether oxygens (including phenoxy) is 1. The first kappa shape index (κ1) is 17.9. The van der Waals surface area contributed by atoms with Crippen LogP contribution in [0.1, 0.15) is 12.6 Å². The van der Waals surface area contributed by atoms with Gasteiger partial charge in [0.1, 0.15) is 23.7 Å². The van der Waals surface area contributed by atoms with Crippen molar-refractivity contribution < 1.29 is 14.9 Å². The second-order valence-corrected chi connectivity index (χ2v) is 5.99. The van der Waals surface area contributed by atoms with Crippen LogP contribution in [-0.2, 0) is 4.74 Å². The van der Waals surface area contributed by atoms with E-state index in [4.69, 9.17) is 15.6 Å². The molecule has 0 amide bonds. The van der Waals surface area contributed by atoms with E-state index in [-0.39, 0.29) is 30.1 Å². The normalized spacial score (nSPS) is 21.7. The average molecular weight is 388 g/mol. The molecule has 1 fully saturated rings. The van der Waals surface area contributed by atoms with Gasteiger partial charge in [0.2, 0.25) is 5.95 Å². The molecule has 2 aromatic heterocycles. The molecule has 0 aromatic carbocycles. The Labute approximate surface area is 155 Å². The zero-order valence-electron chi connectivity index (χ0n) is 14.3. The number of nitrogens with two attached hydrogens (primary N) is 1. The lowest BCUT2D eigenvalue weighted by Gasteiger charge is -2.13. The summed E-state index contributed by atoms with van der Waals surface area (Å²) in [6, 6.07) is 0. The molecule has 5 heterocycles. The molecule has 28 heavy (non-hydrogen) atoms. The maximum atomic E-state index is 11.6. The van der Waals surface area contributed by atoms with Crippen molar-refractivity contribution in [2.45, 2.75) is 24.9 Å². The molecule has 14 heteroatoms. The number of nitrogen functional groups attached to an aromatic ring is 1. The van der Waals surface area contributed by atoms with Gasteiger partial charge in [-0.05, 0) is 0 Å². The number of anilines is 1. The Morgan fingerprint density at radius 2 is 2.21 bits per heavy atom. The van der Waals surface area contributed by atoms with E-state index < -0.39 is 24.0 Å². The van der Waals surface area contributed by atoms with Crippen LogP contribution in [0.5, 0.6) is 0 Å². The van der Waals surface area contributed by atoms with E-state index in [0.29, 0.717) is 0 Å². The lowest BCUT2D eigenvalue weighted by molar-refractivity contribution is -0.0432. The summed E-state index contributed by atoms with van der Waals surface area (Å²) in [6.45, 7) is -0.277. The highest BCUT2D eigenvalue weighted by atomic mass is 16.5. The van der Waals surface area contributed by atoms with Gasteiger partial charge in [-0.15, -0.1) is 10.2 Å². The fourth-order valence-corrected chi connectivity index (χ4v) is 2.82. The Kier molecular flexibility index (Phi) is 4.64. The van der Waals surface area contributed by atoms with Crippen LogP contribution < -0.4 is 11.3 Å². The first-order valence-corrected chi connectivity index (χ1v) is 8.21. The standard InChI is InChI=1S/C10H13N5O4.C4H3N5/c11-10-13-8-7(9(18)14-10)12-3-15(8)6-1-4(17)5(2-16)19-6;1-4-3(7-5-1)2-6-9-8-4/h3-6,16-17H,1-2H2,(H3,11,13,14,18);1-2H,(H,6,8)/t4-,5+,6+;/m0./s1. The van der Waals surface area contributed by atoms with Crippen molar-refractivity contribution in [3.8, 4) is 11.4 Å². The van der Waals surface area contributed by atoms with Crippen molar-refractivity contribution >= 4 is 17.1 Å². The second-order valence-electron chi connectivity index (χ2n) is 5.99. The van der Waals surface area contributed by atoms with Gasteiger partial charge in [-0.3, -0.25) is 19.4 Å². The maximum absolute atomic E-state index is 11.6. The third-order valence-electron chi connectivity index (χ3n) is 4.18. The van der Waals surface area contributed by atoms with Gasteiger partial charge in [0.05, 0.1) is 31.4 Å². The third kappa shape index (κ3) is 3.26. The molecule has 146 valence electrons. The zero-order chi connectivity index (χ0) is 19.7. The van der Waals surface area contributed by atoms with Crippen LogP contribution in [0.25, 0.3) is 22.6 Å². The van der Waals surface area contributed by atoms with E-state index in [2.05, 4.69) is 40.6 Å². The SMILES string of the molecule is Nc1nc2c(ncn2[C@H]2C[C@H](O)[C@@H](CO)O2)c(=O)[nH]1.c1nn[nH]c2cnnc1-2. The Bertz CT molecular complexity index is 1080. The predicted molar refractivity (Wildman–Crippen MR) is 92.8 cm³/mol. The lowest BCUT2D eigenvalue weighted by atomic mass is 10.2. The number of aliphatic hydroxyl groups is 2. The average Bonchev–Trinajstić information content (AvgIpc) is 3.39. The summed E-state index contributed by atoms with van der Waals surface area (Å²) < 4.78 is 7.01. The van der Waals surface area contributed by atoms with Crippen LogP contribution in [0.3, 0.4) is 0 Å². The van der Waals surface area contributed by atoms with Crippen molar-refractivity contribution in [1.29, 1.82) is 0 Å². The summed E-state index contributed by atoms with van der Waals surface area (Å²) in [4.78, 5) is 22.0. The molecular weight excluding hydrogens is 372 g/mol. The summed E-state index contributed by atoms with van der Waals surface area (Å²) in [5.41, 5.74) is 7.05. The minimum atomic E-state index is -0.771. The largest absolute Gasteiger partial charge is 0.394 e. The van der Waals surface area contributed by atoms with E-state index in [1.807, 2.05) is 0 Å². The monoisotopic (exact) mass is 388 g/mol. The fourth-order valence-electron chi connectivity index (χ4n) is 2.82. The summed E-state index contributed by atoms with van der Waals surface area (Å²) in [7, 11) is 0. The number of imidazole rings is 1. The van der Waals surface area contributed by atoms with Crippen LogP contribution in [0.4, 0.5) is 5.95 Å². The zero-order valence-corrected chi connectivity index (χ0v) is 14.3. The van der Waals surface area contributed by atoms with Gasteiger partial charge >= 0.3 is 0 Å². The van der Waals surface area contributed by atoms with Gasteiger partial charge < -0.3 is 20.7 Å². The van der Waals surface area contributed by atoms with Crippen molar-refractivity contribution in [2.24, 2.45) is 0 Å². The van der Waals surface area contributed by atoms with Crippen LogP contribution in [-0.4, -0.2) is 74.2 Å². The number of rotatable bonds is 2. The van der Waals surface area contributed by atoms with Gasteiger partial charge in [0, 0.05) is 6.42 Å². The van der Waals surface area contributed by atoms with Gasteiger partial charge in [-0.25, -0.2) is 4.98 Å². The predicted octanol–water partition coefficient (Wildman–Crippen LogP) is -1.96. The van der Waals surface area contributed by atoms with Crippen molar-refractivity contribution in [3.63, 3.8) is 0 Å². The second kappa shape index (κ2) is 7.26. The number of nitrogens with one attached hydrogen (secondary N) is 2. The van der Waals surface area contributed by atoms with Crippen LogP contribution in [0, 0.1) is 0 Å². The van der Waals surface area contributed by atoms with E-state index in [1.54, 1.807) is 12.4 Å². The van der Waals surface area contributed by atoms with Crippen molar-refractivity contribution in [2.75, 3.05) is 12.3 Å². The van der Waals surface area contributed by atoms with E-state index in [0.717, 1.165) is 11.4 Å². The molecule has 0 radical (unpaired) electrons. The molecule has 0 aliphatic carbocycles. The van der Waals surface area contributed by atoms with Crippen molar-refractivity contribution in [1.82, 2.24) is 45.1 Å². The Morgan fingerprint density at radius 1 is 1.36 bits per heavy atom. The van der Waals surface area contributed by atoms with Gasteiger partial charge in [0.25, 0.3) is 5.56 Å². The van der Waals surface area contributed by atoms with Gasteiger partial charge in [0.15, 0.2) is 11.2 Å². The van der Waals surface area contributed by atoms with E-state index in [1.165, 1.54) is 10.9 Å². The number of nitrogens with zero attached hydrogens (tertiary/aromatic N) is 7. The molecule has 0 saturated carbocycles. The number of aliphatic hydroxyl groups excluding tert-OH is 2. The Morgan fingerprint density at radius 3 is 2.96 bits per heavy atom. The molecular formula is C14H16N10O4. The summed E-state index contributed by atoms with van der Waals surface area (Å²) in [5.74, 6) is -0.0171. The molecule has 1 saturated heterocycles. The summed E-state index contributed by atoms with van der Waals surface area (Å²) in [6.07, 6.45) is 2.89. The minimum Gasteiger partial charge on any atom is -0.394 e. The smallest absolute Gasteiger partial charge is 0.280 e.